The molecule has 7 nitrogen and oxygen atoms in total. The van der Waals surface area contributed by atoms with E-state index in [1.807, 2.05) is 0 Å². The number of nitrogens with one attached hydrogen (secondary N) is 1. The van der Waals surface area contributed by atoms with Gasteiger partial charge in [-0.2, -0.15) is 5.10 Å². The zero-order valence-electron chi connectivity index (χ0n) is 11.2. The molecule has 2 aliphatic heterocycles. The Morgan fingerprint density at radius 2 is 2.14 bits per heavy atom. The standard InChI is InChI=1S/C13H16ClN3O4/c14-7-5-16-17(6-7)4-3-15-12(18)10-8-1-2-9(21-8)11(10)13(19)20/h5-6,8-11H,1-4H2,(H,15,18)(H,19,20)/t8-,9-,10+,11+/m1/s1. The van der Waals surface area contributed by atoms with Gasteiger partial charge >= 0.3 is 5.97 Å². The van der Waals surface area contributed by atoms with E-state index >= 15 is 0 Å². The molecular formula is C13H16ClN3O4. The average molecular weight is 314 g/mol. The number of carboxylic acids is 1. The fourth-order valence-electron chi connectivity index (χ4n) is 3.20. The van der Waals surface area contributed by atoms with Crippen LogP contribution in [0.25, 0.3) is 0 Å². The molecule has 2 fully saturated rings. The maximum Gasteiger partial charge on any atom is 0.310 e. The molecule has 0 radical (unpaired) electrons. The number of hydrogen-bond acceptors (Lipinski definition) is 4. The number of hydrogen-bond donors (Lipinski definition) is 2. The van der Waals surface area contributed by atoms with Crippen LogP contribution in [0.2, 0.25) is 5.02 Å². The second-order valence-electron chi connectivity index (χ2n) is 5.39. The van der Waals surface area contributed by atoms with Gasteiger partial charge in [-0.05, 0) is 12.8 Å². The summed E-state index contributed by atoms with van der Waals surface area (Å²) in [6.45, 7) is 0.856. The molecule has 0 aliphatic carbocycles. The number of carboxylic acid groups (broad SMARTS) is 1. The van der Waals surface area contributed by atoms with Gasteiger partial charge in [-0.15, -0.1) is 0 Å². The monoisotopic (exact) mass is 313 g/mol. The van der Waals surface area contributed by atoms with Crippen molar-refractivity contribution in [3.63, 3.8) is 0 Å². The first-order valence-corrected chi connectivity index (χ1v) is 7.28. The minimum absolute atomic E-state index is 0.257. The van der Waals surface area contributed by atoms with Crippen molar-refractivity contribution in [2.75, 3.05) is 6.54 Å². The van der Waals surface area contributed by atoms with Gasteiger partial charge in [0.1, 0.15) is 0 Å². The van der Waals surface area contributed by atoms with Crippen molar-refractivity contribution in [1.82, 2.24) is 15.1 Å². The van der Waals surface area contributed by atoms with Gasteiger partial charge in [0.15, 0.2) is 0 Å². The molecule has 0 aromatic carbocycles. The first-order valence-electron chi connectivity index (χ1n) is 6.90. The van der Waals surface area contributed by atoms with Crippen LogP contribution in [0.4, 0.5) is 0 Å². The Balaban J connectivity index is 1.56. The summed E-state index contributed by atoms with van der Waals surface area (Å²) in [6, 6.07) is 0. The van der Waals surface area contributed by atoms with Crippen molar-refractivity contribution in [3.05, 3.63) is 17.4 Å². The molecule has 21 heavy (non-hydrogen) atoms. The summed E-state index contributed by atoms with van der Waals surface area (Å²) in [4.78, 5) is 23.6. The SMILES string of the molecule is O=C(O)[C@@H]1[C@@H](C(=O)NCCn2cc(Cl)cn2)[C@H]2CC[C@H]1O2. The number of halogens is 1. The number of aliphatic carboxylic acids is 1. The predicted octanol–water partition coefficient (Wildman–Crippen LogP) is 0.531. The number of ether oxygens (including phenoxy) is 1. The quantitative estimate of drug-likeness (QED) is 0.827. The number of rotatable bonds is 5. The van der Waals surface area contributed by atoms with Crippen LogP contribution in [-0.2, 0) is 20.9 Å². The lowest BCUT2D eigenvalue weighted by molar-refractivity contribution is -0.147. The third kappa shape index (κ3) is 2.75. The van der Waals surface area contributed by atoms with E-state index in [-0.39, 0.29) is 18.1 Å². The van der Waals surface area contributed by atoms with Crippen LogP contribution in [0.3, 0.4) is 0 Å². The number of carbonyl (C=O) groups excluding carboxylic acids is 1. The van der Waals surface area contributed by atoms with E-state index in [0.717, 1.165) is 12.8 Å². The second kappa shape index (κ2) is 5.65. The molecule has 114 valence electrons. The van der Waals surface area contributed by atoms with Crippen LogP contribution in [0.5, 0.6) is 0 Å². The molecule has 1 amide bonds. The molecule has 2 bridgehead atoms. The summed E-state index contributed by atoms with van der Waals surface area (Å²) in [5.41, 5.74) is 0. The Morgan fingerprint density at radius 1 is 1.43 bits per heavy atom. The normalized spacial score (nSPS) is 30.5. The first kappa shape index (κ1) is 14.3. The van der Waals surface area contributed by atoms with E-state index in [9.17, 15) is 14.7 Å². The van der Waals surface area contributed by atoms with Gasteiger partial charge in [0, 0.05) is 12.7 Å². The van der Waals surface area contributed by atoms with Gasteiger partial charge in [0.25, 0.3) is 0 Å². The summed E-state index contributed by atoms with van der Waals surface area (Å²) >= 11 is 5.75. The van der Waals surface area contributed by atoms with Crippen LogP contribution in [-0.4, -0.2) is 45.5 Å². The highest BCUT2D eigenvalue weighted by Crippen LogP contribution is 2.43. The lowest BCUT2D eigenvalue weighted by Gasteiger charge is -2.23. The Morgan fingerprint density at radius 3 is 2.76 bits per heavy atom. The Hall–Kier alpha value is -1.60. The molecule has 8 heteroatoms. The lowest BCUT2D eigenvalue weighted by Crippen LogP contribution is -2.44. The molecule has 3 heterocycles. The smallest absolute Gasteiger partial charge is 0.310 e. The first-order chi connectivity index (χ1) is 10.1. The van der Waals surface area contributed by atoms with Crippen molar-refractivity contribution >= 4 is 23.5 Å². The van der Waals surface area contributed by atoms with E-state index in [1.165, 1.54) is 6.20 Å². The largest absolute Gasteiger partial charge is 0.481 e. The zero-order valence-corrected chi connectivity index (χ0v) is 12.0. The molecule has 2 aliphatic rings. The number of nitrogens with zero attached hydrogens (tertiary/aromatic N) is 2. The van der Waals surface area contributed by atoms with Gasteiger partial charge in [0.2, 0.25) is 5.91 Å². The molecule has 3 rings (SSSR count). The molecule has 1 aromatic heterocycles. The third-order valence-electron chi connectivity index (χ3n) is 4.10. The van der Waals surface area contributed by atoms with E-state index in [1.54, 1.807) is 10.9 Å². The van der Waals surface area contributed by atoms with Crippen LogP contribution in [0.15, 0.2) is 12.4 Å². The highest BCUT2D eigenvalue weighted by molar-refractivity contribution is 6.30. The third-order valence-corrected chi connectivity index (χ3v) is 4.30. The molecule has 2 N–H and O–H groups in total. The van der Waals surface area contributed by atoms with Crippen LogP contribution < -0.4 is 5.32 Å². The molecule has 1 aromatic rings. The Labute approximate surface area is 126 Å². The summed E-state index contributed by atoms with van der Waals surface area (Å²) in [7, 11) is 0. The van der Waals surface area contributed by atoms with Crippen molar-refractivity contribution in [2.45, 2.75) is 31.6 Å². The second-order valence-corrected chi connectivity index (χ2v) is 5.83. The number of aromatic nitrogens is 2. The van der Waals surface area contributed by atoms with Crippen LogP contribution >= 0.6 is 11.6 Å². The van der Waals surface area contributed by atoms with Gasteiger partial charge in [-0.3, -0.25) is 14.3 Å². The summed E-state index contributed by atoms with van der Waals surface area (Å²) in [5.74, 6) is -2.54. The molecule has 2 saturated heterocycles. The minimum atomic E-state index is -0.957. The van der Waals surface area contributed by atoms with E-state index in [2.05, 4.69) is 10.4 Å². The lowest BCUT2D eigenvalue weighted by atomic mass is 9.79. The van der Waals surface area contributed by atoms with Gasteiger partial charge in [-0.1, -0.05) is 11.6 Å². The summed E-state index contributed by atoms with van der Waals surface area (Å²) in [5, 5.41) is 16.6. The van der Waals surface area contributed by atoms with E-state index < -0.39 is 17.8 Å². The highest BCUT2D eigenvalue weighted by atomic mass is 35.5. The summed E-state index contributed by atoms with van der Waals surface area (Å²) in [6.07, 6.45) is 4.06. The molecular weight excluding hydrogens is 298 g/mol. The Bertz CT molecular complexity index is 561. The topological polar surface area (TPSA) is 93.4 Å². The van der Waals surface area contributed by atoms with Gasteiger partial charge in [-0.25, -0.2) is 0 Å². The maximum absolute atomic E-state index is 12.2. The fraction of sp³-hybridized carbons (Fsp3) is 0.615. The minimum Gasteiger partial charge on any atom is -0.481 e. The number of amides is 1. The van der Waals surface area contributed by atoms with E-state index in [4.69, 9.17) is 16.3 Å². The summed E-state index contributed by atoms with van der Waals surface area (Å²) < 4.78 is 7.19. The Kier molecular flexibility index (Phi) is 3.86. The number of carbonyl (C=O) groups is 2. The molecule has 0 unspecified atom stereocenters. The highest BCUT2D eigenvalue weighted by Gasteiger charge is 2.55. The number of fused-ring (bicyclic) bond motifs is 2. The predicted molar refractivity (Wildman–Crippen MR) is 72.8 cm³/mol. The molecule has 0 spiro atoms. The van der Waals surface area contributed by atoms with Crippen LogP contribution in [0.1, 0.15) is 12.8 Å². The van der Waals surface area contributed by atoms with E-state index in [0.29, 0.717) is 18.1 Å². The van der Waals surface area contributed by atoms with Gasteiger partial charge < -0.3 is 15.2 Å². The fourth-order valence-corrected chi connectivity index (χ4v) is 3.35. The van der Waals surface area contributed by atoms with Crippen LogP contribution in [0, 0.1) is 11.8 Å². The van der Waals surface area contributed by atoms with Crippen molar-refractivity contribution in [2.24, 2.45) is 11.8 Å². The average Bonchev–Trinajstić information content (AvgIpc) is 3.13. The van der Waals surface area contributed by atoms with Crippen molar-refractivity contribution in [1.29, 1.82) is 0 Å². The van der Waals surface area contributed by atoms with Crippen molar-refractivity contribution < 1.29 is 19.4 Å². The maximum atomic E-state index is 12.2. The molecule has 4 atom stereocenters. The van der Waals surface area contributed by atoms with Gasteiger partial charge in [0.05, 0.1) is 41.8 Å². The molecule has 0 saturated carbocycles. The van der Waals surface area contributed by atoms with Crippen molar-refractivity contribution in [3.8, 4) is 0 Å². The zero-order chi connectivity index (χ0) is 15.0.